The lowest BCUT2D eigenvalue weighted by Crippen LogP contribution is -2.28. The van der Waals surface area contributed by atoms with Crippen molar-refractivity contribution in [2.45, 2.75) is 142 Å². The van der Waals surface area contributed by atoms with Crippen molar-refractivity contribution in [2.75, 3.05) is 0 Å². The fourth-order valence-corrected chi connectivity index (χ4v) is 7.40. The van der Waals surface area contributed by atoms with Crippen LogP contribution in [0.4, 0.5) is 0 Å². The summed E-state index contributed by atoms with van der Waals surface area (Å²) in [5.41, 5.74) is 0.0375. The largest absolute Gasteiger partial charge is 0.198 e. The van der Waals surface area contributed by atoms with Gasteiger partial charge >= 0.3 is 0 Å². The molecule has 3 rings (SSSR count). The van der Waals surface area contributed by atoms with Gasteiger partial charge in [-0.05, 0) is 93.8 Å². The van der Waals surface area contributed by atoms with Crippen LogP contribution < -0.4 is 0 Å². The first-order chi connectivity index (χ1) is 14.7. The van der Waals surface area contributed by atoms with Gasteiger partial charge in [0.2, 0.25) is 0 Å². The molecular formula is C29H51N. The van der Waals surface area contributed by atoms with Crippen LogP contribution in [0.15, 0.2) is 0 Å². The summed E-state index contributed by atoms with van der Waals surface area (Å²) in [7, 11) is 0. The highest BCUT2D eigenvalue weighted by Crippen LogP contribution is 2.47. The number of nitrogens with zero attached hydrogens (tertiary/aromatic N) is 1. The number of hydrogen-bond acceptors (Lipinski definition) is 1. The third-order valence-corrected chi connectivity index (χ3v) is 9.69. The molecule has 1 nitrogen and oxygen atoms in total. The predicted molar refractivity (Wildman–Crippen MR) is 129 cm³/mol. The maximum atomic E-state index is 9.99. The van der Waals surface area contributed by atoms with Crippen molar-refractivity contribution in [3.63, 3.8) is 0 Å². The van der Waals surface area contributed by atoms with Crippen LogP contribution in [-0.4, -0.2) is 0 Å². The van der Waals surface area contributed by atoms with E-state index >= 15 is 0 Å². The molecule has 0 aliphatic heterocycles. The Balaban J connectivity index is 1.34. The second-order valence-electron chi connectivity index (χ2n) is 11.7. The second kappa shape index (κ2) is 12.5. The molecule has 0 aromatic carbocycles. The molecule has 1 heteroatoms. The molecule has 0 aromatic heterocycles. The van der Waals surface area contributed by atoms with Crippen LogP contribution in [0, 0.1) is 46.3 Å². The highest BCUT2D eigenvalue weighted by Gasteiger charge is 2.36. The Kier molecular flexibility index (Phi) is 10.1. The highest BCUT2D eigenvalue weighted by molar-refractivity contribution is 5.02. The first kappa shape index (κ1) is 24.1. The Labute approximate surface area is 188 Å². The summed E-state index contributed by atoms with van der Waals surface area (Å²) in [6.45, 7) is 4.65. The predicted octanol–water partition coefficient (Wildman–Crippen LogP) is 9.46. The molecule has 172 valence electrons. The van der Waals surface area contributed by atoms with E-state index in [1.165, 1.54) is 128 Å². The molecule has 0 saturated heterocycles. The molecule has 0 amide bonds. The lowest BCUT2D eigenvalue weighted by molar-refractivity contribution is 0.128. The van der Waals surface area contributed by atoms with Crippen molar-refractivity contribution in [1.82, 2.24) is 0 Å². The molecule has 0 N–H and O–H groups in total. The summed E-state index contributed by atoms with van der Waals surface area (Å²) in [6, 6.07) is 2.82. The summed E-state index contributed by atoms with van der Waals surface area (Å²) in [5, 5.41) is 9.99. The van der Waals surface area contributed by atoms with E-state index in [9.17, 15) is 5.26 Å². The van der Waals surface area contributed by atoms with Crippen molar-refractivity contribution in [2.24, 2.45) is 35.0 Å². The third-order valence-electron chi connectivity index (χ3n) is 9.69. The lowest BCUT2D eigenvalue weighted by Gasteiger charge is -2.39. The van der Waals surface area contributed by atoms with Crippen LogP contribution >= 0.6 is 0 Å². The van der Waals surface area contributed by atoms with E-state index in [0.717, 1.165) is 29.6 Å². The molecule has 3 saturated carbocycles. The van der Waals surface area contributed by atoms with Gasteiger partial charge in [-0.1, -0.05) is 78.1 Å². The van der Waals surface area contributed by atoms with Gasteiger partial charge in [-0.2, -0.15) is 5.26 Å². The molecule has 0 bridgehead atoms. The minimum atomic E-state index is 0.0375. The Morgan fingerprint density at radius 1 is 0.633 bits per heavy atom. The van der Waals surface area contributed by atoms with E-state index in [-0.39, 0.29) is 5.41 Å². The number of rotatable bonds is 10. The van der Waals surface area contributed by atoms with Gasteiger partial charge < -0.3 is 0 Å². The molecule has 0 atom stereocenters. The van der Waals surface area contributed by atoms with Gasteiger partial charge in [0, 0.05) is 0 Å². The fourth-order valence-electron chi connectivity index (χ4n) is 7.40. The Bertz CT molecular complexity index is 493. The van der Waals surface area contributed by atoms with Gasteiger partial charge in [-0.15, -0.1) is 0 Å². The fraction of sp³-hybridized carbons (Fsp3) is 0.966. The molecule has 0 aromatic rings. The quantitative estimate of drug-likeness (QED) is 0.327. The van der Waals surface area contributed by atoms with Crippen molar-refractivity contribution < 1.29 is 0 Å². The summed E-state index contributed by atoms with van der Waals surface area (Å²) in [4.78, 5) is 0. The van der Waals surface area contributed by atoms with Crippen LogP contribution in [0.1, 0.15) is 142 Å². The normalized spacial score (nSPS) is 37.6. The first-order valence-corrected chi connectivity index (χ1v) is 14.1. The van der Waals surface area contributed by atoms with Gasteiger partial charge in [0.05, 0.1) is 11.5 Å². The minimum absolute atomic E-state index is 0.0375. The Morgan fingerprint density at radius 3 is 1.67 bits per heavy atom. The molecule has 0 radical (unpaired) electrons. The van der Waals surface area contributed by atoms with Crippen LogP contribution in [0.25, 0.3) is 0 Å². The summed E-state index contributed by atoms with van der Waals surface area (Å²) in [5.74, 6) is 4.97. The lowest BCUT2D eigenvalue weighted by atomic mass is 9.65. The molecule has 3 aliphatic carbocycles. The molecule has 3 aliphatic rings. The number of nitriles is 1. The topological polar surface area (TPSA) is 23.8 Å². The van der Waals surface area contributed by atoms with Gasteiger partial charge in [0.15, 0.2) is 0 Å². The van der Waals surface area contributed by atoms with Crippen molar-refractivity contribution in [3.05, 3.63) is 0 Å². The van der Waals surface area contributed by atoms with E-state index in [1.54, 1.807) is 0 Å². The molecule has 0 spiro atoms. The van der Waals surface area contributed by atoms with Gasteiger partial charge in [0.1, 0.15) is 0 Å². The summed E-state index contributed by atoms with van der Waals surface area (Å²) in [6.07, 6.45) is 27.9. The van der Waals surface area contributed by atoms with Crippen LogP contribution in [0.3, 0.4) is 0 Å². The SMILES string of the molecule is CCCCCC1CCC(C#N)(CCC2CCC(C3CCC(CCC)CC3)CC2)CC1. The molecule has 0 unspecified atom stereocenters. The highest BCUT2D eigenvalue weighted by atomic mass is 14.4. The van der Waals surface area contributed by atoms with Gasteiger partial charge in [-0.25, -0.2) is 0 Å². The minimum Gasteiger partial charge on any atom is -0.198 e. The summed E-state index contributed by atoms with van der Waals surface area (Å²) >= 11 is 0. The standard InChI is InChI=1S/C29H51N/c1-3-5-6-8-25-17-20-29(23-30,21-18-25)22-19-26-11-15-28(16-12-26)27-13-9-24(7-4-2)10-14-27/h24-28H,3-22H2,1-2H3. The van der Waals surface area contributed by atoms with E-state index in [1.807, 2.05) is 0 Å². The molecular weight excluding hydrogens is 362 g/mol. The Hall–Kier alpha value is -0.510. The van der Waals surface area contributed by atoms with E-state index in [0.29, 0.717) is 0 Å². The van der Waals surface area contributed by atoms with Crippen molar-refractivity contribution in [3.8, 4) is 6.07 Å². The van der Waals surface area contributed by atoms with Crippen LogP contribution in [0.5, 0.6) is 0 Å². The number of hydrogen-bond donors (Lipinski definition) is 0. The smallest absolute Gasteiger partial charge is 0.0689 e. The zero-order valence-corrected chi connectivity index (χ0v) is 20.5. The molecule has 3 fully saturated rings. The second-order valence-corrected chi connectivity index (χ2v) is 11.7. The molecule has 0 heterocycles. The third kappa shape index (κ3) is 7.00. The zero-order chi connectivity index (χ0) is 21.2. The van der Waals surface area contributed by atoms with E-state index < -0.39 is 0 Å². The van der Waals surface area contributed by atoms with Crippen LogP contribution in [-0.2, 0) is 0 Å². The average molecular weight is 414 g/mol. The summed E-state index contributed by atoms with van der Waals surface area (Å²) < 4.78 is 0. The van der Waals surface area contributed by atoms with Gasteiger partial charge in [0.25, 0.3) is 0 Å². The first-order valence-electron chi connectivity index (χ1n) is 14.1. The van der Waals surface area contributed by atoms with E-state index in [4.69, 9.17) is 0 Å². The average Bonchev–Trinajstić information content (AvgIpc) is 2.80. The zero-order valence-electron chi connectivity index (χ0n) is 20.5. The van der Waals surface area contributed by atoms with E-state index in [2.05, 4.69) is 19.9 Å². The Morgan fingerprint density at radius 2 is 1.17 bits per heavy atom. The van der Waals surface area contributed by atoms with Gasteiger partial charge in [-0.3, -0.25) is 0 Å². The number of unbranched alkanes of at least 4 members (excludes halogenated alkanes) is 2. The molecule has 30 heavy (non-hydrogen) atoms. The van der Waals surface area contributed by atoms with Crippen molar-refractivity contribution >= 4 is 0 Å². The maximum absolute atomic E-state index is 9.99. The van der Waals surface area contributed by atoms with Crippen LogP contribution in [0.2, 0.25) is 0 Å². The van der Waals surface area contributed by atoms with Crippen molar-refractivity contribution in [1.29, 1.82) is 5.26 Å². The maximum Gasteiger partial charge on any atom is 0.0689 e. The monoisotopic (exact) mass is 413 g/mol.